The first-order chi connectivity index (χ1) is 6.00. The fourth-order valence-electron chi connectivity index (χ4n) is 0. The van der Waals surface area contributed by atoms with Crippen molar-refractivity contribution in [3.05, 3.63) is 39.4 Å². The standard InChI is InChI=1S/6CN.La/c6*1-2;/q6*-1;. The van der Waals surface area contributed by atoms with Gasteiger partial charge in [0.05, 0.1) is 0 Å². The molecule has 63 valence electrons. The van der Waals surface area contributed by atoms with E-state index < -0.39 is 0 Å². The molecule has 0 unspecified atom stereocenters. The summed E-state index contributed by atoms with van der Waals surface area (Å²) in [7, 11) is 0. The molecular weight excluding hydrogens is 295 g/mol. The second-order valence-corrected chi connectivity index (χ2v) is 0. The molecule has 0 N–H and O–H groups in total. The SMILES string of the molecule is [C-]#N.[C-]#N.[C-]#N.[C-]#N.[C-]#N.[C-]#N.[La]. The molecule has 0 amide bonds. The minimum Gasteiger partial charge on any atom is -0.512 e. The van der Waals surface area contributed by atoms with Crippen molar-refractivity contribution in [2.24, 2.45) is 0 Å². The summed E-state index contributed by atoms with van der Waals surface area (Å²) in [4.78, 5) is 0. The summed E-state index contributed by atoms with van der Waals surface area (Å²) in [6, 6.07) is 0. The largest absolute Gasteiger partial charge is 0.512 e. The first-order valence-corrected chi connectivity index (χ1v) is 1.34. The average Bonchev–Trinajstić information content (AvgIpc) is 2.33. The van der Waals surface area contributed by atoms with Crippen molar-refractivity contribution in [1.29, 1.82) is 31.6 Å². The smallest absolute Gasteiger partial charge is 0 e. The van der Waals surface area contributed by atoms with Crippen LogP contribution in [0.25, 0.3) is 0 Å². The molecule has 0 bridgehead atoms. The van der Waals surface area contributed by atoms with E-state index in [1.165, 1.54) is 0 Å². The molecule has 0 spiro atoms. The molecule has 0 fully saturated rings. The maximum absolute atomic E-state index is 6.25. The van der Waals surface area contributed by atoms with E-state index in [1.807, 2.05) is 0 Å². The zero-order chi connectivity index (χ0) is 12.0. The number of hydrogen-bond acceptors (Lipinski definition) is 6. The molecule has 0 aliphatic rings. The van der Waals surface area contributed by atoms with E-state index in [2.05, 4.69) is 0 Å². The number of hydrogen-bond donors (Lipinski definition) is 0. The van der Waals surface area contributed by atoms with Gasteiger partial charge in [0.25, 0.3) is 0 Å². The van der Waals surface area contributed by atoms with Crippen molar-refractivity contribution in [2.75, 3.05) is 0 Å². The summed E-state index contributed by atoms with van der Waals surface area (Å²) in [5.41, 5.74) is 0. The Hall–Kier alpha value is -1.87. The predicted molar refractivity (Wildman–Crippen MR) is 29.8 cm³/mol. The van der Waals surface area contributed by atoms with Gasteiger partial charge in [0.15, 0.2) is 0 Å². The molecule has 13 heavy (non-hydrogen) atoms. The molecular formula is C6LaN6-6. The first kappa shape index (κ1) is 66.9. The van der Waals surface area contributed by atoms with Crippen LogP contribution in [0.3, 0.4) is 0 Å². The molecule has 0 heterocycles. The van der Waals surface area contributed by atoms with Crippen LogP contribution in [0.1, 0.15) is 0 Å². The molecule has 7 heteroatoms. The van der Waals surface area contributed by atoms with Gasteiger partial charge >= 0.3 is 0 Å². The van der Waals surface area contributed by atoms with Gasteiger partial charge in [0.1, 0.15) is 0 Å². The van der Waals surface area contributed by atoms with Crippen LogP contribution < -0.4 is 0 Å². The van der Waals surface area contributed by atoms with E-state index in [9.17, 15) is 0 Å². The van der Waals surface area contributed by atoms with Crippen LogP contribution in [0.4, 0.5) is 0 Å². The Labute approximate surface area is 106 Å². The van der Waals surface area contributed by atoms with Crippen molar-refractivity contribution in [2.45, 2.75) is 0 Å². The predicted octanol–water partition coefficient (Wildman–Crippen LogP) is 0.578. The van der Waals surface area contributed by atoms with Gasteiger partial charge in [0.2, 0.25) is 0 Å². The van der Waals surface area contributed by atoms with Gasteiger partial charge in [-0.2, -0.15) is 0 Å². The second kappa shape index (κ2) is 243. The van der Waals surface area contributed by atoms with Crippen LogP contribution in [0.15, 0.2) is 0 Å². The molecule has 1 radical (unpaired) electrons. The maximum atomic E-state index is 6.25. The third kappa shape index (κ3) is 193. The van der Waals surface area contributed by atoms with E-state index in [0.29, 0.717) is 0 Å². The number of nitrogens with zero attached hydrogens (tertiary/aromatic N) is 6. The summed E-state index contributed by atoms with van der Waals surface area (Å²) in [6.45, 7) is 28.5. The van der Waals surface area contributed by atoms with E-state index >= 15 is 0 Å². The third-order valence-electron chi connectivity index (χ3n) is 0. The van der Waals surface area contributed by atoms with E-state index in [0.717, 1.165) is 0 Å². The number of rotatable bonds is 0. The Morgan fingerprint density at radius 2 is 0.308 bits per heavy atom. The third-order valence-corrected chi connectivity index (χ3v) is 0. The van der Waals surface area contributed by atoms with Gasteiger partial charge < -0.3 is 71.0 Å². The average molecular weight is 295 g/mol. The molecule has 0 atom stereocenters. The monoisotopic (exact) mass is 295 g/mol. The Bertz CT molecular complexity index is 92.1. The van der Waals surface area contributed by atoms with E-state index in [1.54, 1.807) is 0 Å². The van der Waals surface area contributed by atoms with Crippen LogP contribution in [-0.2, 0) is 0 Å². The second-order valence-electron chi connectivity index (χ2n) is 0. The zero-order valence-electron chi connectivity index (χ0n) is 6.26. The summed E-state index contributed by atoms with van der Waals surface area (Å²) >= 11 is 0. The molecule has 0 aromatic rings. The van der Waals surface area contributed by atoms with Crippen LogP contribution in [0.2, 0.25) is 0 Å². The van der Waals surface area contributed by atoms with Crippen LogP contribution >= 0.6 is 0 Å². The molecule has 0 aromatic heterocycles. The van der Waals surface area contributed by atoms with E-state index in [-0.39, 0.29) is 35.6 Å². The molecule has 0 saturated carbocycles. The minimum atomic E-state index is 0. The normalized spacial score (nSPS) is 0.923. The van der Waals surface area contributed by atoms with Gasteiger partial charge in [-0.05, 0) is 0 Å². The van der Waals surface area contributed by atoms with Crippen LogP contribution in [0.5, 0.6) is 0 Å². The van der Waals surface area contributed by atoms with Crippen LogP contribution in [0, 0.1) is 107 Å². The molecule has 0 rings (SSSR count). The van der Waals surface area contributed by atoms with Crippen molar-refractivity contribution in [1.82, 2.24) is 0 Å². The zero-order valence-corrected chi connectivity index (χ0v) is 9.89. The Morgan fingerprint density at radius 1 is 0.308 bits per heavy atom. The van der Waals surface area contributed by atoms with E-state index in [4.69, 9.17) is 71.0 Å². The topological polar surface area (TPSA) is 143 Å². The first-order valence-electron chi connectivity index (χ1n) is 1.34. The van der Waals surface area contributed by atoms with Crippen molar-refractivity contribution in [3.8, 4) is 0 Å². The molecule has 0 aliphatic heterocycles. The van der Waals surface area contributed by atoms with Gasteiger partial charge in [-0.15, -0.1) is 0 Å². The van der Waals surface area contributed by atoms with Gasteiger partial charge in [-0.1, -0.05) is 0 Å². The Balaban J connectivity index is -0.00000000655. The fraction of sp³-hybridized carbons (Fsp3) is 0. The van der Waals surface area contributed by atoms with Gasteiger partial charge in [-0.25, -0.2) is 0 Å². The summed E-state index contributed by atoms with van der Waals surface area (Å²) < 4.78 is 0. The van der Waals surface area contributed by atoms with Crippen molar-refractivity contribution in [3.63, 3.8) is 0 Å². The Morgan fingerprint density at radius 3 is 0.308 bits per heavy atom. The minimum absolute atomic E-state index is 0. The van der Waals surface area contributed by atoms with Crippen LogP contribution in [-0.4, -0.2) is 0 Å². The van der Waals surface area contributed by atoms with Gasteiger partial charge in [-0.3, -0.25) is 0 Å². The molecule has 0 saturated heterocycles. The molecule has 0 aromatic carbocycles. The molecule has 0 aliphatic carbocycles. The van der Waals surface area contributed by atoms with Crippen molar-refractivity contribution >= 4 is 0 Å². The maximum Gasteiger partial charge on any atom is 0 e. The summed E-state index contributed by atoms with van der Waals surface area (Å²) in [6.07, 6.45) is 0. The van der Waals surface area contributed by atoms with Gasteiger partial charge in [0, 0.05) is 35.6 Å². The quantitative estimate of drug-likeness (QED) is 0.598. The fourth-order valence-corrected chi connectivity index (χ4v) is 0. The summed E-state index contributed by atoms with van der Waals surface area (Å²) in [5, 5.41) is 37.5. The van der Waals surface area contributed by atoms with Crippen molar-refractivity contribution < 1.29 is 35.6 Å². The molecule has 6 nitrogen and oxygen atoms in total. The Kier molecular flexibility index (Phi) is 1250. The summed E-state index contributed by atoms with van der Waals surface area (Å²) in [5.74, 6) is 0.